The van der Waals surface area contributed by atoms with Gasteiger partial charge in [0.1, 0.15) is 0 Å². The van der Waals surface area contributed by atoms with Crippen molar-refractivity contribution in [2.75, 3.05) is 32.7 Å². The van der Waals surface area contributed by atoms with Crippen LogP contribution in [0.3, 0.4) is 0 Å². The van der Waals surface area contributed by atoms with Gasteiger partial charge in [0.15, 0.2) is 5.76 Å². The predicted octanol–water partition coefficient (Wildman–Crippen LogP) is 2.49. The number of piperazine rings is 1. The van der Waals surface area contributed by atoms with Crippen LogP contribution in [0.25, 0.3) is 0 Å². The quantitative estimate of drug-likeness (QED) is 0.909. The summed E-state index contributed by atoms with van der Waals surface area (Å²) >= 11 is 5.88. The number of hydrogen-bond acceptors (Lipinski definition) is 5. The first-order chi connectivity index (χ1) is 11.1. The highest BCUT2D eigenvalue weighted by molar-refractivity contribution is 6.30. The van der Waals surface area contributed by atoms with Gasteiger partial charge in [0.2, 0.25) is 0 Å². The van der Waals surface area contributed by atoms with Crippen LogP contribution >= 0.6 is 11.6 Å². The number of rotatable bonds is 5. The first-order valence-corrected chi connectivity index (χ1v) is 8.28. The molecule has 2 heterocycles. The number of halogens is 1. The van der Waals surface area contributed by atoms with Crippen molar-refractivity contribution in [2.45, 2.75) is 19.6 Å². The number of aliphatic hydroxyl groups excluding tert-OH is 1. The van der Waals surface area contributed by atoms with E-state index in [1.54, 1.807) is 0 Å². The summed E-state index contributed by atoms with van der Waals surface area (Å²) in [4.78, 5) is 4.65. The minimum Gasteiger partial charge on any atom is -0.387 e. The molecule has 0 amide bonds. The van der Waals surface area contributed by atoms with Crippen molar-refractivity contribution in [3.8, 4) is 0 Å². The third-order valence-electron chi connectivity index (χ3n) is 4.21. The fraction of sp³-hybridized carbons (Fsp3) is 0.471. The van der Waals surface area contributed by atoms with Gasteiger partial charge in [-0.25, -0.2) is 0 Å². The Balaban J connectivity index is 1.46. The van der Waals surface area contributed by atoms with Gasteiger partial charge >= 0.3 is 0 Å². The lowest BCUT2D eigenvalue weighted by Crippen LogP contribution is -2.47. The summed E-state index contributed by atoms with van der Waals surface area (Å²) in [6.45, 7) is 7.20. The monoisotopic (exact) mass is 335 g/mol. The summed E-state index contributed by atoms with van der Waals surface area (Å²) in [5, 5.41) is 15.0. The second-order valence-electron chi connectivity index (χ2n) is 6.08. The molecule has 1 aromatic heterocycles. The lowest BCUT2D eigenvalue weighted by atomic mass is 10.1. The van der Waals surface area contributed by atoms with E-state index in [0.717, 1.165) is 49.7 Å². The Morgan fingerprint density at radius 3 is 2.43 bits per heavy atom. The molecule has 0 radical (unpaired) electrons. The highest BCUT2D eigenvalue weighted by Gasteiger charge is 2.20. The van der Waals surface area contributed by atoms with E-state index in [-0.39, 0.29) is 0 Å². The summed E-state index contributed by atoms with van der Waals surface area (Å²) in [6.07, 6.45) is -0.476. The smallest absolute Gasteiger partial charge is 0.150 e. The predicted molar refractivity (Wildman–Crippen MR) is 89.4 cm³/mol. The zero-order valence-electron chi connectivity index (χ0n) is 13.3. The Bertz CT molecular complexity index is 621. The molecule has 1 aliphatic rings. The van der Waals surface area contributed by atoms with Crippen molar-refractivity contribution in [3.05, 3.63) is 52.4 Å². The Morgan fingerprint density at radius 2 is 1.83 bits per heavy atom. The highest BCUT2D eigenvalue weighted by atomic mass is 35.5. The fourth-order valence-electron chi connectivity index (χ4n) is 2.88. The standard InChI is InChI=1S/C17H22ClN3O2/c1-13-10-16(23-19-13)11-20-6-8-21(9-7-20)12-17(22)14-2-4-15(18)5-3-14/h2-5,10,17,22H,6-9,11-12H2,1H3. The van der Waals surface area contributed by atoms with E-state index in [0.29, 0.717) is 11.6 Å². The van der Waals surface area contributed by atoms with Crippen molar-refractivity contribution in [2.24, 2.45) is 0 Å². The van der Waals surface area contributed by atoms with Crippen molar-refractivity contribution in [1.82, 2.24) is 15.0 Å². The van der Waals surface area contributed by atoms with Crippen molar-refractivity contribution < 1.29 is 9.63 Å². The maximum Gasteiger partial charge on any atom is 0.150 e. The summed E-state index contributed by atoms with van der Waals surface area (Å²) < 4.78 is 5.27. The Morgan fingerprint density at radius 1 is 1.17 bits per heavy atom. The van der Waals surface area contributed by atoms with Gasteiger partial charge in [0.05, 0.1) is 18.3 Å². The van der Waals surface area contributed by atoms with Gasteiger partial charge in [-0.05, 0) is 24.6 Å². The molecule has 5 nitrogen and oxygen atoms in total. The zero-order valence-corrected chi connectivity index (χ0v) is 14.0. The van der Waals surface area contributed by atoms with E-state index in [2.05, 4.69) is 15.0 Å². The molecule has 1 saturated heterocycles. The van der Waals surface area contributed by atoms with Gasteiger partial charge in [0.25, 0.3) is 0 Å². The molecule has 1 aromatic carbocycles. The van der Waals surface area contributed by atoms with Crippen LogP contribution in [-0.4, -0.2) is 52.8 Å². The number of aliphatic hydroxyl groups is 1. The Hall–Kier alpha value is -1.40. The van der Waals surface area contributed by atoms with Gasteiger partial charge in [-0.3, -0.25) is 9.80 Å². The molecule has 124 valence electrons. The van der Waals surface area contributed by atoms with Crippen molar-refractivity contribution >= 4 is 11.6 Å². The van der Waals surface area contributed by atoms with E-state index in [9.17, 15) is 5.11 Å². The minimum absolute atomic E-state index is 0.476. The largest absolute Gasteiger partial charge is 0.387 e. The molecule has 1 atom stereocenters. The van der Waals surface area contributed by atoms with Gasteiger partial charge in [0, 0.05) is 43.8 Å². The number of aromatic nitrogens is 1. The van der Waals surface area contributed by atoms with Gasteiger partial charge in [-0.15, -0.1) is 0 Å². The van der Waals surface area contributed by atoms with Crippen LogP contribution in [-0.2, 0) is 6.54 Å². The third-order valence-corrected chi connectivity index (χ3v) is 4.46. The normalized spacial score (nSPS) is 18.2. The molecular weight excluding hydrogens is 314 g/mol. The molecule has 2 aromatic rings. The molecule has 1 unspecified atom stereocenters. The SMILES string of the molecule is Cc1cc(CN2CCN(CC(O)c3ccc(Cl)cc3)CC2)on1. The summed E-state index contributed by atoms with van der Waals surface area (Å²) in [7, 11) is 0. The molecular formula is C17H22ClN3O2. The molecule has 23 heavy (non-hydrogen) atoms. The first-order valence-electron chi connectivity index (χ1n) is 7.90. The number of benzene rings is 1. The maximum atomic E-state index is 10.3. The highest BCUT2D eigenvalue weighted by Crippen LogP contribution is 2.18. The molecule has 1 aliphatic heterocycles. The fourth-order valence-corrected chi connectivity index (χ4v) is 3.00. The topological polar surface area (TPSA) is 52.7 Å². The number of nitrogens with zero attached hydrogens (tertiary/aromatic N) is 3. The lowest BCUT2D eigenvalue weighted by Gasteiger charge is -2.35. The second-order valence-corrected chi connectivity index (χ2v) is 6.52. The van der Waals surface area contributed by atoms with Gasteiger partial charge < -0.3 is 9.63 Å². The molecule has 0 saturated carbocycles. The maximum absolute atomic E-state index is 10.3. The van der Waals surface area contributed by atoms with Crippen LogP contribution in [0.1, 0.15) is 23.1 Å². The van der Waals surface area contributed by atoms with E-state index in [1.807, 2.05) is 37.3 Å². The molecule has 0 bridgehead atoms. The van der Waals surface area contributed by atoms with E-state index < -0.39 is 6.10 Å². The van der Waals surface area contributed by atoms with E-state index >= 15 is 0 Å². The average Bonchev–Trinajstić information content (AvgIpc) is 2.95. The molecule has 1 fully saturated rings. The van der Waals surface area contributed by atoms with Gasteiger partial charge in [-0.1, -0.05) is 28.9 Å². The molecule has 6 heteroatoms. The second kappa shape index (κ2) is 7.45. The molecule has 3 rings (SSSR count). The zero-order chi connectivity index (χ0) is 16.2. The Labute approximate surface area is 141 Å². The first kappa shape index (κ1) is 16.5. The van der Waals surface area contributed by atoms with Crippen LogP contribution in [0.4, 0.5) is 0 Å². The number of aryl methyl sites for hydroxylation is 1. The summed E-state index contributed by atoms with van der Waals surface area (Å²) in [5.41, 5.74) is 1.83. The average molecular weight is 336 g/mol. The number of hydrogen-bond donors (Lipinski definition) is 1. The minimum atomic E-state index is -0.476. The number of β-amino-alcohol motifs (C(OH)–C–C–N with tert-alkyl or cyclic N) is 1. The summed E-state index contributed by atoms with van der Waals surface area (Å²) in [6, 6.07) is 9.39. The Kier molecular flexibility index (Phi) is 5.33. The van der Waals surface area contributed by atoms with Crippen molar-refractivity contribution in [3.63, 3.8) is 0 Å². The van der Waals surface area contributed by atoms with E-state index in [1.165, 1.54) is 0 Å². The van der Waals surface area contributed by atoms with E-state index in [4.69, 9.17) is 16.1 Å². The van der Waals surface area contributed by atoms with Gasteiger partial charge in [-0.2, -0.15) is 0 Å². The van der Waals surface area contributed by atoms with Crippen LogP contribution < -0.4 is 0 Å². The lowest BCUT2D eigenvalue weighted by molar-refractivity contribution is 0.0670. The molecule has 1 N–H and O–H groups in total. The van der Waals surface area contributed by atoms with Crippen LogP contribution in [0, 0.1) is 6.92 Å². The van der Waals surface area contributed by atoms with Crippen LogP contribution in [0.15, 0.2) is 34.9 Å². The third kappa shape index (κ3) is 4.54. The van der Waals surface area contributed by atoms with Crippen LogP contribution in [0.2, 0.25) is 5.02 Å². The van der Waals surface area contributed by atoms with Crippen molar-refractivity contribution in [1.29, 1.82) is 0 Å². The van der Waals surface area contributed by atoms with Crippen LogP contribution in [0.5, 0.6) is 0 Å². The molecule has 0 aliphatic carbocycles. The molecule has 0 spiro atoms. The summed E-state index contributed by atoms with van der Waals surface area (Å²) in [5.74, 6) is 0.914.